The molecule has 0 aliphatic carbocycles. The average Bonchev–Trinajstić information content (AvgIpc) is 3.62. The summed E-state index contributed by atoms with van der Waals surface area (Å²) >= 11 is 0. The number of amides is 2. The predicted molar refractivity (Wildman–Crippen MR) is 144 cm³/mol. The summed E-state index contributed by atoms with van der Waals surface area (Å²) < 4.78 is 18.7. The van der Waals surface area contributed by atoms with Crippen molar-refractivity contribution in [1.29, 1.82) is 0 Å². The van der Waals surface area contributed by atoms with Gasteiger partial charge in [0.15, 0.2) is 0 Å². The molecule has 0 saturated heterocycles. The highest BCUT2D eigenvalue weighted by molar-refractivity contribution is 5.78. The number of ether oxygens (including phenoxy) is 2. The standard InChI is InChI=1S/C29H30N6O5/c1-38-23-9-3-2-8-21(23)29-32-25(40-33-29)10-11-26(37)35-14-12-22-28-27(35)19-6-4-7-20(16-19)39-15-5-13-30-24(36)17-34(28)18-31-22/h2-4,6-9,16,18,27H,5,10-15,17H2,1H3,(H,30,36). The highest BCUT2D eigenvalue weighted by Gasteiger charge is 2.36. The van der Waals surface area contributed by atoms with Crippen LogP contribution in [0.25, 0.3) is 11.4 Å². The third kappa shape index (κ3) is 5.14. The monoisotopic (exact) mass is 542 g/mol. The van der Waals surface area contributed by atoms with Gasteiger partial charge in [-0.25, -0.2) is 4.98 Å². The molecule has 0 saturated carbocycles. The molecule has 4 heterocycles. The molecule has 11 nitrogen and oxygen atoms in total. The van der Waals surface area contributed by atoms with E-state index in [0.717, 1.165) is 28.3 Å². The number of hydrogen-bond donors (Lipinski definition) is 1. The van der Waals surface area contributed by atoms with Crippen LogP contribution < -0.4 is 14.8 Å². The van der Waals surface area contributed by atoms with Gasteiger partial charge in [0.1, 0.15) is 18.0 Å². The lowest BCUT2D eigenvalue weighted by molar-refractivity contribution is -0.133. The van der Waals surface area contributed by atoms with E-state index in [1.807, 2.05) is 58.0 Å². The summed E-state index contributed by atoms with van der Waals surface area (Å²) in [6.07, 6.45) is 3.47. The maximum Gasteiger partial charge on any atom is 0.239 e. The van der Waals surface area contributed by atoms with Gasteiger partial charge in [-0.1, -0.05) is 29.4 Å². The Kier molecular flexibility index (Phi) is 7.17. The van der Waals surface area contributed by atoms with Crippen LogP contribution in [0, 0.1) is 0 Å². The molecule has 2 aliphatic heterocycles. The molecule has 6 rings (SSSR count). The molecule has 2 amide bonds. The van der Waals surface area contributed by atoms with Crippen LogP contribution >= 0.6 is 0 Å². The zero-order chi connectivity index (χ0) is 27.5. The first-order chi connectivity index (χ1) is 19.6. The van der Waals surface area contributed by atoms with Gasteiger partial charge in [0.25, 0.3) is 0 Å². The van der Waals surface area contributed by atoms with Crippen LogP contribution in [0.15, 0.2) is 59.4 Å². The second-order valence-corrected chi connectivity index (χ2v) is 9.78. The third-order valence-corrected chi connectivity index (χ3v) is 7.21. The maximum absolute atomic E-state index is 13.8. The summed E-state index contributed by atoms with van der Waals surface area (Å²) in [4.78, 5) is 37.4. The first kappa shape index (κ1) is 25.6. The van der Waals surface area contributed by atoms with Crippen LogP contribution in [0.5, 0.6) is 11.5 Å². The zero-order valence-electron chi connectivity index (χ0n) is 22.2. The van der Waals surface area contributed by atoms with Gasteiger partial charge in [0, 0.05) is 32.4 Å². The second kappa shape index (κ2) is 11.2. The van der Waals surface area contributed by atoms with E-state index >= 15 is 0 Å². The first-order valence-corrected chi connectivity index (χ1v) is 13.4. The van der Waals surface area contributed by atoms with E-state index in [4.69, 9.17) is 14.0 Å². The number of aryl methyl sites for hydroxylation is 1. The Morgan fingerprint density at radius 1 is 1.20 bits per heavy atom. The highest BCUT2D eigenvalue weighted by atomic mass is 16.5. The number of imidazole rings is 1. The summed E-state index contributed by atoms with van der Waals surface area (Å²) in [5, 5.41) is 7.04. The maximum atomic E-state index is 13.8. The second-order valence-electron chi connectivity index (χ2n) is 9.78. The van der Waals surface area contributed by atoms with Crippen molar-refractivity contribution in [3.05, 3.63) is 77.7 Å². The van der Waals surface area contributed by atoms with Crippen LogP contribution in [-0.2, 0) is 29.0 Å². The van der Waals surface area contributed by atoms with Crippen molar-refractivity contribution in [2.45, 2.75) is 38.3 Å². The lowest BCUT2D eigenvalue weighted by atomic mass is 9.94. The number of hydrogen-bond acceptors (Lipinski definition) is 8. The van der Waals surface area contributed by atoms with Gasteiger partial charge in [-0.3, -0.25) is 9.59 Å². The molecule has 2 bridgehead atoms. The number of nitrogens with one attached hydrogen (secondary N) is 1. The molecule has 11 heteroatoms. The molecular weight excluding hydrogens is 512 g/mol. The lowest BCUT2D eigenvalue weighted by Crippen LogP contribution is -2.42. The molecule has 1 atom stereocenters. The summed E-state index contributed by atoms with van der Waals surface area (Å²) in [5.41, 5.74) is 3.37. The summed E-state index contributed by atoms with van der Waals surface area (Å²) in [5.74, 6) is 2.00. The Labute approximate surface area is 231 Å². The van der Waals surface area contributed by atoms with E-state index in [2.05, 4.69) is 20.4 Å². The Morgan fingerprint density at radius 3 is 3.00 bits per heavy atom. The number of carbonyl (C=O) groups is 2. The minimum atomic E-state index is -0.414. The Bertz CT molecular complexity index is 1530. The van der Waals surface area contributed by atoms with Crippen molar-refractivity contribution in [2.75, 3.05) is 26.8 Å². The van der Waals surface area contributed by atoms with Crippen molar-refractivity contribution in [3.63, 3.8) is 0 Å². The SMILES string of the molecule is COc1ccccc1-c1noc(CCC(=O)N2CCc3ncn4c3C2c2cccc(c2)OCCCNC(=O)C4)n1. The lowest BCUT2D eigenvalue weighted by Gasteiger charge is -2.37. The van der Waals surface area contributed by atoms with E-state index in [9.17, 15) is 9.59 Å². The van der Waals surface area contributed by atoms with Gasteiger partial charge in [0.05, 0.1) is 43.0 Å². The van der Waals surface area contributed by atoms with Gasteiger partial charge in [-0.2, -0.15) is 4.98 Å². The highest BCUT2D eigenvalue weighted by Crippen LogP contribution is 2.37. The Hall–Kier alpha value is -4.67. The molecule has 2 aromatic carbocycles. The van der Waals surface area contributed by atoms with Crippen molar-refractivity contribution in [3.8, 4) is 22.9 Å². The largest absolute Gasteiger partial charge is 0.496 e. The summed E-state index contributed by atoms with van der Waals surface area (Å²) in [6, 6.07) is 14.8. The fourth-order valence-electron chi connectivity index (χ4n) is 5.30. The molecule has 40 heavy (non-hydrogen) atoms. The van der Waals surface area contributed by atoms with Crippen LogP contribution in [0.4, 0.5) is 0 Å². The first-order valence-electron chi connectivity index (χ1n) is 13.4. The molecule has 0 radical (unpaired) electrons. The molecule has 1 unspecified atom stereocenters. The number of fused-ring (bicyclic) bond motifs is 3. The fourth-order valence-corrected chi connectivity index (χ4v) is 5.30. The van der Waals surface area contributed by atoms with Crippen molar-refractivity contribution >= 4 is 11.8 Å². The van der Waals surface area contributed by atoms with Crippen molar-refractivity contribution in [2.24, 2.45) is 0 Å². The number of benzene rings is 2. The molecular formula is C29H30N6O5. The molecule has 2 aliphatic rings. The molecule has 0 spiro atoms. The minimum absolute atomic E-state index is 0.0551. The predicted octanol–water partition coefficient (Wildman–Crippen LogP) is 2.95. The molecule has 206 valence electrons. The quantitative estimate of drug-likeness (QED) is 0.408. The Morgan fingerprint density at radius 2 is 2.10 bits per heavy atom. The van der Waals surface area contributed by atoms with E-state index in [1.165, 1.54) is 0 Å². The molecule has 2 aromatic heterocycles. The number of carbonyl (C=O) groups excluding carboxylic acids is 2. The van der Waals surface area contributed by atoms with Crippen LogP contribution in [0.2, 0.25) is 0 Å². The van der Waals surface area contributed by atoms with E-state index < -0.39 is 6.04 Å². The average molecular weight is 543 g/mol. The van der Waals surface area contributed by atoms with Crippen molar-refractivity contribution < 1.29 is 23.6 Å². The smallest absolute Gasteiger partial charge is 0.239 e. The molecule has 4 aromatic rings. The Balaban J connectivity index is 1.27. The third-order valence-electron chi connectivity index (χ3n) is 7.21. The van der Waals surface area contributed by atoms with Gasteiger partial charge in [0.2, 0.25) is 23.5 Å². The number of para-hydroxylation sites is 1. The van der Waals surface area contributed by atoms with Gasteiger partial charge < -0.3 is 28.8 Å². The van der Waals surface area contributed by atoms with E-state index in [-0.39, 0.29) is 24.8 Å². The van der Waals surface area contributed by atoms with Crippen LogP contribution in [0.1, 0.15) is 41.7 Å². The van der Waals surface area contributed by atoms with Crippen LogP contribution in [0.3, 0.4) is 0 Å². The number of methoxy groups -OCH3 is 1. The minimum Gasteiger partial charge on any atom is -0.496 e. The zero-order valence-corrected chi connectivity index (χ0v) is 22.2. The van der Waals surface area contributed by atoms with Gasteiger partial charge in [-0.05, 0) is 36.2 Å². The fraction of sp³-hybridized carbons (Fsp3) is 0.345. The summed E-state index contributed by atoms with van der Waals surface area (Å²) in [6.45, 7) is 1.64. The van der Waals surface area contributed by atoms with Gasteiger partial charge in [-0.15, -0.1) is 0 Å². The topological polar surface area (TPSA) is 125 Å². The van der Waals surface area contributed by atoms with Crippen LogP contribution in [-0.4, -0.2) is 63.2 Å². The molecule has 1 N–H and O–H groups in total. The number of nitrogens with zero attached hydrogens (tertiary/aromatic N) is 5. The number of aromatic nitrogens is 4. The summed E-state index contributed by atoms with van der Waals surface area (Å²) in [7, 11) is 1.59. The normalized spacial score (nSPS) is 17.0. The van der Waals surface area contributed by atoms with E-state index in [0.29, 0.717) is 56.4 Å². The van der Waals surface area contributed by atoms with E-state index in [1.54, 1.807) is 13.4 Å². The van der Waals surface area contributed by atoms with Crippen molar-refractivity contribution in [1.82, 2.24) is 29.9 Å². The molecule has 0 fully saturated rings. The van der Waals surface area contributed by atoms with Gasteiger partial charge >= 0.3 is 0 Å². The number of rotatable bonds is 5.